The molecule has 3 rings (SSSR count). The minimum absolute atomic E-state index is 0.314. The Morgan fingerprint density at radius 2 is 1.80 bits per heavy atom. The van der Waals surface area contributed by atoms with Gasteiger partial charge in [0, 0.05) is 0 Å². The minimum Gasteiger partial charge on any atom is -0.497 e. The van der Waals surface area contributed by atoms with Crippen molar-refractivity contribution in [3.05, 3.63) is 65.2 Å². The van der Waals surface area contributed by atoms with Gasteiger partial charge in [-0.05, 0) is 36.6 Å². The summed E-state index contributed by atoms with van der Waals surface area (Å²) in [4.78, 5) is 12.8. The molecular weight excluding hydrogens is 316 g/mol. The van der Waals surface area contributed by atoms with E-state index in [0.29, 0.717) is 6.61 Å². The number of methoxy groups -OCH3 is 1. The third-order valence-corrected chi connectivity index (χ3v) is 4.55. The van der Waals surface area contributed by atoms with E-state index in [4.69, 9.17) is 14.2 Å². The van der Waals surface area contributed by atoms with Gasteiger partial charge in [-0.2, -0.15) is 0 Å². The predicted molar refractivity (Wildman–Crippen MR) is 95.5 cm³/mol. The quantitative estimate of drug-likeness (QED) is 0.428. The molecule has 1 aliphatic heterocycles. The van der Waals surface area contributed by atoms with E-state index in [9.17, 15) is 4.79 Å². The lowest BCUT2D eigenvalue weighted by molar-refractivity contribution is -0.150. The van der Waals surface area contributed by atoms with Crippen molar-refractivity contribution < 1.29 is 19.0 Å². The van der Waals surface area contributed by atoms with Crippen LogP contribution in [0.2, 0.25) is 0 Å². The number of hydrogen-bond acceptors (Lipinski definition) is 4. The summed E-state index contributed by atoms with van der Waals surface area (Å²) in [5.74, 6) is 0.460. The Labute approximate surface area is 148 Å². The van der Waals surface area contributed by atoms with Crippen LogP contribution in [0.5, 0.6) is 5.75 Å². The predicted octanol–water partition coefficient (Wildman–Crippen LogP) is 4.31. The average Bonchev–Trinajstić information content (AvgIpc) is 3.39. The maximum Gasteiger partial charge on any atom is 0.346 e. The van der Waals surface area contributed by atoms with Crippen LogP contribution in [-0.2, 0) is 19.9 Å². The summed E-state index contributed by atoms with van der Waals surface area (Å²) in [6.45, 7) is 4.50. The third kappa shape index (κ3) is 3.40. The van der Waals surface area contributed by atoms with Gasteiger partial charge < -0.3 is 14.2 Å². The number of rotatable bonds is 7. The van der Waals surface area contributed by atoms with Crippen molar-refractivity contribution in [3.63, 3.8) is 0 Å². The number of ether oxygens (including phenoxy) is 3. The van der Waals surface area contributed by atoms with Crippen molar-refractivity contribution in [1.29, 1.82) is 0 Å². The molecule has 132 valence electrons. The fourth-order valence-corrected chi connectivity index (χ4v) is 2.94. The minimum atomic E-state index is -1.05. The van der Waals surface area contributed by atoms with Crippen LogP contribution in [0.25, 0.3) is 0 Å². The maximum absolute atomic E-state index is 12.8. The number of benzene rings is 2. The second-order valence-corrected chi connectivity index (χ2v) is 6.36. The average molecular weight is 340 g/mol. The lowest BCUT2D eigenvalue weighted by Gasteiger charge is -2.14. The van der Waals surface area contributed by atoms with E-state index in [1.54, 1.807) is 7.11 Å². The zero-order chi connectivity index (χ0) is 17.9. The number of epoxide rings is 1. The molecule has 0 saturated carbocycles. The van der Waals surface area contributed by atoms with Crippen LogP contribution in [0, 0.1) is 6.92 Å². The van der Waals surface area contributed by atoms with Crippen LogP contribution >= 0.6 is 0 Å². The number of carbonyl (C=O) groups is 1. The summed E-state index contributed by atoms with van der Waals surface area (Å²) in [6, 6.07) is 15.5. The monoisotopic (exact) mass is 340 g/mol. The number of aryl methyl sites for hydroxylation is 1. The van der Waals surface area contributed by atoms with Gasteiger partial charge in [0.05, 0.1) is 13.7 Å². The van der Waals surface area contributed by atoms with Gasteiger partial charge in [-0.25, -0.2) is 4.79 Å². The fraction of sp³-hybridized carbons (Fsp3) is 0.381. The molecule has 25 heavy (non-hydrogen) atoms. The SMILES string of the molecule is CCCCOC(=O)C1(c2ccc(C)cc2)OC1c1ccc(OC)cc1. The van der Waals surface area contributed by atoms with Gasteiger partial charge in [0.25, 0.3) is 0 Å². The molecule has 0 bridgehead atoms. The van der Waals surface area contributed by atoms with Crippen LogP contribution in [0.1, 0.15) is 42.6 Å². The molecule has 1 heterocycles. The first kappa shape index (κ1) is 17.5. The van der Waals surface area contributed by atoms with Crippen LogP contribution < -0.4 is 4.74 Å². The highest BCUT2D eigenvalue weighted by Crippen LogP contribution is 2.58. The summed E-state index contributed by atoms with van der Waals surface area (Å²) < 4.78 is 16.7. The Balaban J connectivity index is 1.88. The molecule has 2 aromatic carbocycles. The highest BCUT2D eigenvalue weighted by molar-refractivity contribution is 5.85. The Bertz CT molecular complexity index is 721. The summed E-state index contributed by atoms with van der Waals surface area (Å²) in [6.07, 6.45) is 1.49. The Morgan fingerprint density at radius 1 is 1.12 bits per heavy atom. The molecule has 0 aliphatic carbocycles. The molecule has 0 spiro atoms. The molecule has 0 amide bonds. The Kier molecular flexibility index (Phi) is 5.09. The molecular formula is C21H24O4. The zero-order valence-corrected chi connectivity index (χ0v) is 15.0. The van der Waals surface area contributed by atoms with Crippen molar-refractivity contribution in [2.45, 2.75) is 38.4 Å². The summed E-state index contributed by atoms with van der Waals surface area (Å²) >= 11 is 0. The first-order chi connectivity index (χ1) is 12.1. The molecule has 2 atom stereocenters. The Hall–Kier alpha value is -2.33. The first-order valence-electron chi connectivity index (χ1n) is 8.68. The van der Waals surface area contributed by atoms with E-state index in [0.717, 1.165) is 35.3 Å². The molecule has 0 N–H and O–H groups in total. The van der Waals surface area contributed by atoms with E-state index in [2.05, 4.69) is 6.92 Å². The molecule has 4 nitrogen and oxygen atoms in total. The van der Waals surface area contributed by atoms with Crippen LogP contribution in [0.15, 0.2) is 48.5 Å². The Morgan fingerprint density at radius 3 is 2.40 bits per heavy atom. The van der Waals surface area contributed by atoms with Gasteiger partial charge in [0.2, 0.25) is 5.60 Å². The van der Waals surface area contributed by atoms with Gasteiger partial charge >= 0.3 is 5.97 Å². The maximum atomic E-state index is 12.8. The second kappa shape index (κ2) is 7.28. The molecule has 1 aliphatic rings. The lowest BCUT2D eigenvalue weighted by atomic mass is 9.91. The molecule has 2 aromatic rings. The van der Waals surface area contributed by atoms with Crippen molar-refractivity contribution in [1.82, 2.24) is 0 Å². The normalized spacial score (nSPS) is 21.6. The molecule has 0 radical (unpaired) electrons. The molecule has 0 aromatic heterocycles. The van der Waals surface area contributed by atoms with Crippen LogP contribution in [-0.4, -0.2) is 19.7 Å². The smallest absolute Gasteiger partial charge is 0.346 e. The standard InChI is InChI=1S/C21H24O4/c1-4-5-14-24-20(22)21(17-10-6-15(2)7-11-17)19(25-21)16-8-12-18(23-3)13-9-16/h6-13,19H,4-5,14H2,1-3H3. The molecule has 1 fully saturated rings. The highest BCUT2D eigenvalue weighted by atomic mass is 16.7. The number of esters is 1. The molecule has 2 unspecified atom stereocenters. The van der Waals surface area contributed by atoms with E-state index >= 15 is 0 Å². The van der Waals surface area contributed by atoms with Crippen molar-refractivity contribution in [2.24, 2.45) is 0 Å². The molecule has 4 heteroatoms. The highest BCUT2D eigenvalue weighted by Gasteiger charge is 2.65. The topological polar surface area (TPSA) is 48.1 Å². The zero-order valence-electron chi connectivity index (χ0n) is 15.0. The largest absolute Gasteiger partial charge is 0.497 e. The fourth-order valence-electron chi connectivity index (χ4n) is 2.94. The molecule has 1 saturated heterocycles. The van der Waals surface area contributed by atoms with E-state index < -0.39 is 5.60 Å². The van der Waals surface area contributed by atoms with E-state index in [1.807, 2.05) is 55.5 Å². The van der Waals surface area contributed by atoms with Gasteiger partial charge in [0.15, 0.2) is 0 Å². The van der Waals surface area contributed by atoms with E-state index in [1.165, 1.54) is 0 Å². The lowest BCUT2D eigenvalue weighted by Crippen LogP contribution is -2.26. The van der Waals surface area contributed by atoms with Crippen LogP contribution in [0.4, 0.5) is 0 Å². The number of hydrogen-bond donors (Lipinski definition) is 0. The third-order valence-electron chi connectivity index (χ3n) is 4.55. The summed E-state index contributed by atoms with van der Waals surface area (Å²) in [7, 11) is 1.63. The second-order valence-electron chi connectivity index (χ2n) is 6.36. The first-order valence-corrected chi connectivity index (χ1v) is 8.68. The summed E-state index contributed by atoms with van der Waals surface area (Å²) in [5.41, 5.74) is 1.87. The van der Waals surface area contributed by atoms with Crippen LogP contribution in [0.3, 0.4) is 0 Å². The van der Waals surface area contributed by atoms with Gasteiger partial charge in [0.1, 0.15) is 11.9 Å². The van der Waals surface area contributed by atoms with Gasteiger partial charge in [-0.1, -0.05) is 55.3 Å². The van der Waals surface area contributed by atoms with Crippen molar-refractivity contribution in [2.75, 3.05) is 13.7 Å². The van der Waals surface area contributed by atoms with Crippen molar-refractivity contribution in [3.8, 4) is 5.75 Å². The van der Waals surface area contributed by atoms with Crippen molar-refractivity contribution >= 4 is 5.97 Å². The van der Waals surface area contributed by atoms with Gasteiger partial charge in [-0.15, -0.1) is 0 Å². The van der Waals surface area contributed by atoms with Gasteiger partial charge in [-0.3, -0.25) is 0 Å². The van der Waals surface area contributed by atoms with E-state index in [-0.39, 0.29) is 12.1 Å². The number of unbranched alkanes of at least 4 members (excludes halogenated alkanes) is 1. The number of carbonyl (C=O) groups excluding carboxylic acids is 1. The summed E-state index contributed by atoms with van der Waals surface area (Å²) in [5, 5.41) is 0.